The van der Waals surface area contributed by atoms with Crippen molar-refractivity contribution in [2.24, 2.45) is 5.92 Å². The predicted molar refractivity (Wildman–Crippen MR) is 126 cm³/mol. The molecule has 2 aliphatic heterocycles. The van der Waals surface area contributed by atoms with E-state index in [1.165, 1.54) is 10.4 Å². The molecule has 0 aliphatic carbocycles. The molecule has 0 radical (unpaired) electrons. The van der Waals surface area contributed by atoms with Crippen LogP contribution < -0.4 is 15.4 Å². The molecule has 4 rings (SSSR count). The Labute approximate surface area is 194 Å². The Morgan fingerprint density at radius 3 is 2.52 bits per heavy atom. The van der Waals surface area contributed by atoms with Gasteiger partial charge in [0.15, 0.2) is 6.10 Å². The fourth-order valence-electron chi connectivity index (χ4n) is 4.43. The minimum atomic E-state index is -3.85. The normalized spacial score (nSPS) is 21.0. The van der Waals surface area contributed by atoms with Crippen LogP contribution >= 0.6 is 0 Å². The highest BCUT2D eigenvalue weighted by atomic mass is 32.2. The first-order valence-corrected chi connectivity index (χ1v) is 12.5. The zero-order valence-corrected chi connectivity index (χ0v) is 20.1. The van der Waals surface area contributed by atoms with E-state index in [0.717, 1.165) is 16.8 Å². The van der Waals surface area contributed by atoms with Crippen LogP contribution in [0.5, 0.6) is 5.75 Å². The Morgan fingerprint density at radius 2 is 1.82 bits per heavy atom. The lowest BCUT2D eigenvalue weighted by atomic mass is 9.98. The fraction of sp³-hybridized carbons (Fsp3) is 0.417. The summed E-state index contributed by atoms with van der Waals surface area (Å²) >= 11 is 0. The minimum Gasteiger partial charge on any atom is -0.479 e. The summed E-state index contributed by atoms with van der Waals surface area (Å²) in [6.07, 6.45) is 0.514. The second-order valence-electron chi connectivity index (χ2n) is 8.93. The maximum atomic E-state index is 13.5. The molecule has 2 heterocycles. The Morgan fingerprint density at radius 1 is 1.12 bits per heavy atom. The molecule has 176 valence electrons. The first-order chi connectivity index (χ1) is 15.5. The Bertz CT molecular complexity index is 1200. The molecule has 33 heavy (non-hydrogen) atoms. The van der Waals surface area contributed by atoms with Crippen LogP contribution in [0.4, 0.5) is 11.4 Å². The first-order valence-electron chi connectivity index (χ1n) is 11.1. The minimum absolute atomic E-state index is 0.115. The van der Waals surface area contributed by atoms with E-state index < -0.39 is 22.0 Å². The van der Waals surface area contributed by atoms with Crippen molar-refractivity contribution < 1.29 is 22.7 Å². The van der Waals surface area contributed by atoms with Crippen LogP contribution in [0.15, 0.2) is 35.2 Å². The monoisotopic (exact) mass is 471 g/mol. The second-order valence-corrected chi connectivity index (χ2v) is 10.8. The van der Waals surface area contributed by atoms with Gasteiger partial charge in [-0.1, -0.05) is 6.07 Å². The molecule has 2 aromatic carbocycles. The van der Waals surface area contributed by atoms with Crippen molar-refractivity contribution in [3.05, 3.63) is 47.0 Å². The van der Waals surface area contributed by atoms with Crippen molar-refractivity contribution in [3.63, 3.8) is 0 Å². The molecule has 0 bridgehead atoms. The zero-order chi connectivity index (χ0) is 23.9. The van der Waals surface area contributed by atoms with Crippen LogP contribution in [0.25, 0.3) is 0 Å². The van der Waals surface area contributed by atoms with E-state index in [2.05, 4.69) is 10.6 Å². The lowest BCUT2D eigenvalue weighted by molar-refractivity contribution is -0.123. The van der Waals surface area contributed by atoms with Crippen LogP contribution in [0.2, 0.25) is 0 Å². The van der Waals surface area contributed by atoms with Crippen LogP contribution in [0.1, 0.15) is 36.5 Å². The molecule has 2 N–H and O–H groups in total. The quantitative estimate of drug-likeness (QED) is 0.711. The van der Waals surface area contributed by atoms with Crippen molar-refractivity contribution in [3.8, 4) is 5.75 Å². The average molecular weight is 472 g/mol. The Kier molecular flexibility index (Phi) is 6.20. The number of benzene rings is 2. The van der Waals surface area contributed by atoms with Crippen molar-refractivity contribution in [1.82, 2.24) is 4.31 Å². The van der Waals surface area contributed by atoms with Crippen molar-refractivity contribution in [2.75, 3.05) is 23.7 Å². The van der Waals surface area contributed by atoms with Gasteiger partial charge in [-0.3, -0.25) is 9.59 Å². The van der Waals surface area contributed by atoms with Gasteiger partial charge in [0.05, 0.1) is 16.5 Å². The summed E-state index contributed by atoms with van der Waals surface area (Å²) in [5, 5.41) is 5.68. The summed E-state index contributed by atoms with van der Waals surface area (Å²) < 4.78 is 34.0. The van der Waals surface area contributed by atoms with Crippen molar-refractivity contribution in [1.29, 1.82) is 0 Å². The lowest BCUT2D eigenvalue weighted by Crippen LogP contribution is -2.44. The summed E-state index contributed by atoms with van der Waals surface area (Å²) in [6, 6.07) is 8.91. The van der Waals surface area contributed by atoms with Crippen LogP contribution in [0.3, 0.4) is 0 Å². The van der Waals surface area contributed by atoms with Gasteiger partial charge < -0.3 is 15.4 Å². The number of anilines is 2. The smallest absolute Gasteiger partial charge is 0.265 e. The number of nitrogens with zero attached hydrogens (tertiary/aromatic N) is 1. The SMILES string of the molecule is Cc1cc(C)cc(NC(=O)[C@@H]2CCCN(S(=O)(=O)c3cc4c(cc3C)NC(=O)[C@@H](C)O4)C2)c1. The van der Waals surface area contributed by atoms with Crippen molar-refractivity contribution >= 4 is 33.2 Å². The molecular formula is C24H29N3O5S. The van der Waals surface area contributed by atoms with Gasteiger partial charge in [-0.05, 0) is 75.4 Å². The van der Waals surface area contributed by atoms with E-state index in [0.29, 0.717) is 36.4 Å². The summed E-state index contributed by atoms with van der Waals surface area (Å²) in [4.78, 5) is 24.9. The molecule has 9 heteroatoms. The van der Waals surface area contributed by atoms with Gasteiger partial charge in [0.25, 0.3) is 5.91 Å². The molecule has 0 spiro atoms. The summed E-state index contributed by atoms with van der Waals surface area (Å²) in [5.41, 5.74) is 3.78. The molecule has 1 fully saturated rings. The maximum absolute atomic E-state index is 13.5. The first kappa shape index (κ1) is 23.3. The molecule has 2 aliphatic rings. The number of hydrogen-bond acceptors (Lipinski definition) is 5. The maximum Gasteiger partial charge on any atom is 0.265 e. The fourth-order valence-corrected chi connectivity index (χ4v) is 6.17. The van der Waals surface area contributed by atoms with Gasteiger partial charge in [0.2, 0.25) is 15.9 Å². The zero-order valence-electron chi connectivity index (χ0n) is 19.3. The largest absolute Gasteiger partial charge is 0.479 e. The molecule has 2 aromatic rings. The number of sulfonamides is 1. The van der Waals surface area contributed by atoms with Crippen LogP contribution in [-0.2, 0) is 19.6 Å². The summed E-state index contributed by atoms with van der Waals surface area (Å²) in [6.45, 7) is 7.69. The Hall–Kier alpha value is -2.91. The van der Waals surface area contributed by atoms with Crippen LogP contribution in [0, 0.1) is 26.7 Å². The summed E-state index contributed by atoms with van der Waals surface area (Å²) in [7, 11) is -3.85. The molecule has 1 saturated heterocycles. The number of carbonyl (C=O) groups excluding carboxylic acids is 2. The predicted octanol–water partition coefficient (Wildman–Crippen LogP) is 3.37. The van der Waals surface area contributed by atoms with E-state index in [1.807, 2.05) is 32.0 Å². The number of rotatable bonds is 4. The number of nitrogens with one attached hydrogen (secondary N) is 2. The topological polar surface area (TPSA) is 105 Å². The summed E-state index contributed by atoms with van der Waals surface area (Å²) in [5.74, 6) is -0.566. The number of fused-ring (bicyclic) bond motifs is 1. The molecule has 2 amide bonds. The van der Waals surface area contributed by atoms with E-state index in [-0.39, 0.29) is 23.3 Å². The number of ether oxygens (including phenoxy) is 1. The third kappa shape index (κ3) is 4.74. The van der Waals surface area contributed by atoms with Gasteiger partial charge in [-0.2, -0.15) is 4.31 Å². The Balaban J connectivity index is 1.54. The molecule has 2 atom stereocenters. The van der Waals surface area contributed by atoms with E-state index in [4.69, 9.17) is 4.74 Å². The number of carbonyl (C=O) groups is 2. The second kappa shape index (κ2) is 8.79. The number of aryl methyl sites for hydroxylation is 3. The average Bonchev–Trinajstić information content (AvgIpc) is 2.74. The number of hydrogen-bond donors (Lipinski definition) is 2. The van der Waals surface area contributed by atoms with Gasteiger partial charge in [0.1, 0.15) is 5.75 Å². The van der Waals surface area contributed by atoms with E-state index >= 15 is 0 Å². The molecule has 0 aromatic heterocycles. The highest BCUT2D eigenvalue weighted by Crippen LogP contribution is 2.36. The standard InChI is InChI=1S/C24H29N3O5S/c1-14-8-15(2)10-19(9-14)25-24(29)18-6-5-7-27(13-18)33(30,31)22-12-21-20(11-16(22)3)26-23(28)17(4)32-21/h8-12,17-18H,5-7,13H2,1-4H3,(H,25,29)(H,26,28)/t17-,18-/m1/s1. The van der Waals surface area contributed by atoms with Gasteiger partial charge in [-0.25, -0.2) is 8.42 Å². The van der Waals surface area contributed by atoms with Gasteiger partial charge >= 0.3 is 0 Å². The molecule has 0 saturated carbocycles. The molecule has 8 nitrogen and oxygen atoms in total. The van der Waals surface area contributed by atoms with Crippen molar-refractivity contribution in [2.45, 2.75) is 51.5 Å². The number of piperidine rings is 1. The van der Waals surface area contributed by atoms with E-state index in [1.54, 1.807) is 19.9 Å². The lowest BCUT2D eigenvalue weighted by Gasteiger charge is -2.32. The van der Waals surface area contributed by atoms with Crippen LogP contribution in [-0.4, -0.2) is 43.7 Å². The van der Waals surface area contributed by atoms with E-state index in [9.17, 15) is 18.0 Å². The highest BCUT2D eigenvalue weighted by molar-refractivity contribution is 7.89. The molecular weight excluding hydrogens is 442 g/mol. The van der Waals surface area contributed by atoms with Gasteiger partial charge in [0, 0.05) is 24.8 Å². The number of amides is 2. The third-order valence-corrected chi connectivity index (χ3v) is 8.08. The third-order valence-electron chi connectivity index (χ3n) is 6.07. The van der Waals surface area contributed by atoms with Gasteiger partial charge in [-0.15, -0.1) is 0 Å². The highest BCUT2D eigenvalue weighted by Gasteiger charge is 2.35. The molecule has 0 unspecified atom stereocenters.